The van der Waals surface area contributed by atoms with E-state index in [-0.39, 0.29) is 0 Å². The van der Waals surface area contributed by atoms with Gasteiger partial charge in [0, 0.05) is 10.8 Å². The van der Waals surface area contributed by atoms with Crippen molar-refractivity contribution in [3.63, 3.8) is 0 Å². The normalized spacial score (nSPS) is 10.1. The second-order valence-electron chi connectivity index (χ2n) is 4.13. The Morgan fingerprint density at radius 3 is 1.50 bits per heavy atom. The Labute approximate surface area is 104 Å². The molecule has 0 aliphatic carbocycles. The summed E-state index contributed by atoms with van der Waals surface area (Å²) < 4.78 is 0. The van der Waals surface area contributed by atoms with Crippen molar-refractivity contribution in [3.8, 4) is 12.1 Å². The summed E-state index contributed by atoms with van der Waals surface area (Å²) in [7, 11) is 0. The van der Waals surface area contributed by atoms with Crippen LogP contribution in [0.4, 0.5) is 0 Å². The minimum absolute atomic E-state index is 0.606. The first-order chi connectivity index (χ1) is 8.83. The summed E-state index contributed by atoms with van der Waals surface area (Å²) in [5, 5.41) is 22.1. The van der Waals surface area contributed by atoms with Crippen molar-refractivity contribution in [1.29, 1.82) is 10.5 Å². The van der Waals surface area contributed by atoms with Crippen molar-refractivity contribution in [2.24, 2.45) is 0 Å². The van der Waals surface area contributed by atoms with Gasteiger partial charge in [0.25, 0.3) is 0 Å². The highest BCUT2D eigenvalue weighted by Crippen LogP contribution is 2.27. The van der Waals surface area contributed by atoms with Gasteiger partial charge in [-0.1, -0.05) is 24.3 Å². The molecule has 3 aromatic carbocycles. The molecule has 0 saturated heterocycles. The van der Waals surface area contributed by atoms with Gasteiger partial charge in [-0.15, -0.1) is 0 Å². The summed E-state index contributed by atoms with van der Waals surface area (Å²) in [6, 6.07) is 19.7. The van der Waals surface area contributed by atoms with Gasteiger partial charge < -0.3 is 0 Å². The molecule has 82 valence electrons. The summed E-state index contributed by atoms with van der Waals surface area (Å²) in [6.07, 6.45) is 0. The molecule has 3 aromatic rings. The van der Waals surface area contributed by atoms with Crippen LogP contribution in [-0.4, -0.2) is 0 Å². The smallest absolute Gasteiger partial charge is 0.0998 e. The summed E-state index contributed by atoms with van der Waals surface area (Å²) in [5.74, 6) is 0. The van der Waals surface area contributed by atoms with E-state index in [1.807, 2.05) is 36.4 Å². The second-order valence-corrected chi connectivity index (χ2v) is 4.13. The SMILES string of the molecule is N#Cc1ccc(C#N)c2cc3ccccc3cc12. The average molecular weight is 228 g/mol. The highest BCUT2D eigenvalue weighted by molar-refractivity contribution is 6.02. The largest absolute Gasteiger partial charge is 0.192 e. The van der Waals surface area contributed by atoms with Crippen LogP contribution in [0.2, 0.25) is 0 Å². The number of nitriles is 2. The number of rotatable bonds is 0. The molecule has 0 atom stereocenters. The maximum absolute atomic E-state index is 9.14. The van der Waals surface area contributed by atoms with Gasteiger partial charge in [0.15, 0.2) is 0 Å². The fourth-order valence-corrected chi connectivity index (χ4v) is 2.23. The Morgan fingerprint density at radius 2 is 1.11 bits per heavy atom. The Balaban J connectivity index is 2.57. The molecule has 0 bridgehead atoms. The maximum atomic E-state index is 9.14. The lowest BCUT2D eigenvalue weighted by Crippen LogP contribution is -1.85. The third kappa shape index (κ3) is 1.41. The van der Waals surface area contributed by atoms with Gasteiger partial charge in [-0.25, -0.2) is 0 Å². The molecule has 3 rings (SSSR count). The summed E-state index contributed by atoms with van der Waals surface area (Å²) in [5.41, 5.74) is 1.21. The van der Waals surface area contributed by atoms with Crippen LogP contribution in [-0.2, 0) is 0 Å². The zero-order valence-electron chi connectivity index (χ0n) is 9.51. The van der Waals surface area contributed by atoms with Crippen LogP contribution in [0.25, 0.3) is 21.5 Å². The number of benzene rings is 3. The number of fused-ring (bicyclic) bond motifs is 2. The zero-order valence-corrected chi connectivity index (χ0v) is 9.51. The van der Waals surface area contributed by atoms with Crippen LogP contribution in [0.15, 0.2) is 48.5 Å². The first-order valence-electron chi connectivity index (χ1n) is 5.59. The van der Waals surface area contributed by atoms with Gasteiger partial charge in [-0.2, -0.15) is 10.5 Å². The molecule has 0 heterocycles. The van der Waals surface area contributed by atoms with Gasteiger partial charge in [0.1, 0.15) is 0 Å². The molecule has 0 aliphatic heterocycles. The predicted molar refractivity (Wildman–Crippen MR) is 70.9 cm³/mol. The van der Waals surface area contributed by atoms with E-state index in [9.17, 15) is 0 Å². The topological polar surface area (TPSA) is 47.6 Å². The van der Waals surface area contributed by atoms with E-state index >= 15 is 0 Å². The highest BCUT2D eigenvalue weighted by Gasteiger charge is 2.07. The molecule has 0 radical (unpaired) electrons. The van der Waals surface area contributed by atoms with Crippen molar-refractivity contribution in [2.75, 3.05) is 0 Å². The lowest BCUT2D eigenvalue weighted by Gasteiger charge is -2.05. The number of hydrogen-bond donors (Lipinski definition) is 0. The minimum atomic E-state index is 0.606. The van der Waals surface area contributed by atoms with Crippen LogP contribution < -0.4 is 0 Å². The van der Waals surface area contributed by atoms with Crippen molar-refractivity contribution in [2.45, 2.75) is 0 Å². The van der Waals surface area contributed by atoms with Crippen molar-refractivity contribution in [1.82, 2.24) is 0 Å². The van der Waals surface area contributed by atoms with E-state index < -0.39 is 0 Å². The quantitative estimate of drug-likeness (QED) is 0.550. The summed E-state index contributed by atoms with van der Waals surface area (Å²) in [4.78, 5) is 0. The van der Waals surface area contributed by atoms with Gasteiger partial charge in [-0.3, -0.25) is 0 Å². The summed E-state index contributed by atoms with van der Waals surface area (Å²) in [6.45, 7) is 0. The first-order valence-corrected chi connectivity index (χ1v) is 5.59. The molecule has 0 aliphatic rings. The molecule has 0 aromatic heterocycles. The molecular weight excluding hydrogens is 220 g/mol. The molecule has 0 unspecified atom stereocenters. The van der Waals surface area contributed by atoms with E-state index in [0.29, 0.717) is 11.1 Å². The molecule has 0 amide bonds. The van der Waals surface area contributed by atoms with Crippen molar-refractivity contribution < 1.29 is 0 Å². The minimum Gasteiger partial charge on any atom is -0.192 e. The van der Waals surface area contributed by atoms with Crippen LogP contribution in [0.5, 0.6) is 0 Å². The summed E-state index contributed by atoms with van der Waals surface area (Å²) >= 11 is 0. The highest BCUT2D eigenvalue weighted by atomic mass is 14.3. The van der Waals surface area contributed by atoms with E-state index in [1.54, 1.807) is 12.1 Å². The molecule has 2 heteroatoms. The average Bonchev–Trinajstić information content (AvgIpc) is 2.44. The third-order valence-corrected chi connectivity index (χ3v) is 3.12. The van der Waals surface area contributed by atoms with Gasteiger partial charge in [0.2, 0.25) is 0 Å². The van der Waals surface area contributed by atoms with E-state index in [1.165, 1.54) is 0 Å². The molecule has 0 fully saturated rings. The maximum Gasteiger partial charge on any atom is 0.0998 e. The fourth-order valence-electron chi connectivity index (χ4n) is 2.23. The molecule has 2 nitrogen and oxygen atoms in total. The van der Waals surface area contributed by atoms with E-state index in [2.05, 4.69) is 12.1 Å². The second kappa shape index (κ2) is 3.87. The number of hydrogen-bond acceptors (Lipinski definition) is 2. The molecule has 0 saturated carbocycles. The first kappa shape index (κ1) is 10.3. The zero-order chi connectivity index (χ0) is 12.5. The van der Waals surface area contributed by atoms with Gasteiger partial charge in [0.05, 0.1) is 23.3 Å². The lowest BCUT2D eigenvalue weighted by molar-refractivity contribution is 1.48. The predicted octanol–water partition coefficient (Wildman–Crippen LogP) is 3.74. The standard InChI is InChI=1S/C16H8N2/c17-9-13-5-6-14(10-18)16-8-12-4-2-1-3-11(12)7-15(13)16/h1-8H. The Hall–Kier alpha value is -2.84. The third-order valence-electron chi connectivity index (χ3n) is 3.12. The molecule has 0 N–H and O–H groups in total. The van der Waals surface area contributed by atoms with Gasteiger partial charge in [-0.05, 0) is 35.0 Å². The van der Waals surface area contributed by atoms with Crippen molar-refractivity contribution in [3.05, 3.63) is 59.7 Å². The molecule has 0 spiro atoms. The van der Waals surface area contributed by atoms with Crippen LogP contribution in [0, 0.1) is 22.7 Å². The number of nitrogens with zero attached hydrogens (tertiary/aromatic N) is 2. The molecule has 18 heavy (non-hydrogen) atoms. The Bertz CT molecular complexity index is 776. The van der Waals surface area contributed by atoms with E-state index in [4.69, 9.17) is 10.5 Å². The van der Waals surface area contributed by atoms with Crippen LogP contribution >= 0.6 is 0 Å². The van der Waals surface area contributed by atoms with Crippen LogP contribution in [0.1, 0.15) is 11.1 Å². The Kier molecular flexibility index (Phi) is 2.22. The van der Waals surface area contributed by atoms with Crippen molar-refractivity contribution >= 4 is 21.5 Å². The monoisotopic (exact) mass is 228 g/mol. The van der Waals surface area contributed by atoms with E-state index in [0.717, 1.165) is 21.5 Å². The lowest BCUT2D eigenvalue weighted by atomic mass is 9.97. The fraction of sp³-hybridized carbons (Fsp3) is 0. The molecular formula is C16H8N2. The Morgan fingerprint density at radius 1 is 0.667 bits per heavy atom. The van der Waals surface area contributed by atoms with Crippen LogP contribution in [0.3, 0.4) is 0 Å². The van der Waals surface area contributed by atoms with Gasteiger partial charge >= 0.3 is 0 Å².